The van der Waals surface area contributed by atoms with Crippen molar-refractivity contribution < 1.29 is 42.9 Å². The third-order valence-electron chi connectivity index (χ3n) is 16.9. The highest BCUT2D eigenvalue weighted by Gasteiger charge is 2.22. The molecule has 0 spiro atoms. The molecular weight excluding hydrogens is 1110 g/mol. The van der Waals surface area contributed by atoms with Crippen molar-refractivity contribution in [3.05, 3.63) is 85.1 Å². The van der Waals surface area contributed by atoms with Crippen molar-refractivity contribution in [3.8, 4) is 0 Å². The largest absolute Gasteiger partial charge is 0.545 e. The van der Waals surface area contributed by atoms with Crippen LogP contribution in [0.15, 0.2) is 85.1 Å². The van der Waals surface area contributed by atoms with E-state index in [1.165, 1.54) is 231 Å². The first kappa shape index (κ1) is 86.5. The molecule has 90 heavy (non-hydrogen) atoms. The van der Waals surface area contributed by atoms with E-state index in [0.717, 1.165) is 89.9 Å². The highest BCUT2D eigenvalue weighted by Crippen LogP contribution is 2.19. The van der Waals surface area contributed by atoms with Crippen LogP contribution < -0.4 is 5.11 Å². The lowest BCUT2D eigenvalue weighted by atomic mass is 10.0. The van der Waals surface area contributed by atoms with Gasteiger partial charge in [0.25, 0.3) is 0 Å². The predicted molar refractivity (Wildman–Crippen MR) is 384 cm³/mol. The molecule has 0 aromatic carbocycles. The summed E-state index contributed by atoms with van der Waals surface area (Å²) >= 11 is 0. The lowest BCUT2D eigenvalue weighted by Crippen LogP contribution is -2.44. The minimum Gasteiger partial charge on any atom is -0.545 e. The van der Waals surface area contributed by atoms with Crippen LogP contribution in [-0.2, 0) is 33.3 Å². The van der Waals surface area contributed by atoms with Crippen molar-refractivity contribution >= 4 is 17.9 Å². The van der Waals surface area contributed by atoms with Gasteiger partial charge in [-0.25, -0.2) is 0 Å². The minimum absolute atomic E-state index is 0.146. The summed E-state index contributed by atoms with van der Waals surface area (Å²) in [4.78, 5) is 37.6. The van der Waals surface area contributed by atoms with Gasteiger partial charge in [-0.2, -0.15) is 0 Å². The molecule has 0 aromatic rings. The van der Waals surface area contributed by atoms with Crippen LogP contribution in [0, 0.1) is 0 Å². The smallest absolute Gasteiger partial charge is 0.306 e. The standard InChI is InChI=1S/C81H145NO8/c1-6-8-10-12-14-16-18-20-22-24-26-28-30-32-34-36-38-40-42-44-46-48-50-52-54-56-58-60-62-64-66-68-70-72-79(84)90-77(76-89-81(80(85)86)87-74-73-82(3,4)5)75-88-78(83)71-69-67-65-63-61-59-57-55-53-51-49-47-45-43-41-39-37-35-33-31-29-27-25-23-21-19-17-15-13-11-9-7-2/h8,10,14,16,20,22,26,28,32,34,38,40,44,46,77,81H,6-7,9,11-13,15,17-19,21,23-25,27,29-31,33,35-37,39,41-43,45,47-76H2,1-5H3/b10-8-,16-14-,22-20-,28-26-,34-32-,40-38-,46-44-. The lowest BCUT2D eigenvalue weighted by molar-refractivity contribution is -0.870. The summed E-state index contributed by atoms with van der Waals surface area (Å²) in [5.41, 5.74) is 0. The number of carbonyl (C=O) groups is 3. The zero-order chi connectivity index (χ0) is 65.4. The number of carbonyl (C=O) groups excluding carboxylic acids is 3. The molecular formula is C81H145NO8. The number of unbranched alkanes of at least 4 members (excludes halogenated alkanes) is 42. The molecule has 0 fully saturated rings. The first-order valence-corrected chi connectivity index (χ1v) is 38.2. The van der Waals surface area contributed by atoms with Crippen molar-refractivity contribution in [1.29, 1.82) is 0 Å². The van der Waals surface area contributed by atoms with E-state index in [0.29, 0.717) is 23.9 Å². The fourth-order valence-corrected chi connectivity index (χ4v) is 11.1. The van der Waals surface area contributed by atoms with Gasteiger partial charge < -0.3 is 33.3 Å². The SMILES string of the molecule is CC/C=C\C/C=C\C/C=C\C/C=C\C/C=C\C/C=C\C/C=C\CCCCCCCCCCCCCC(=O)OC(COC(=O)CCCCCCCCCCCCCCCCCCCCCCCCCCCCCCCCCC)COC(OCC[N+](C)(C)C)C(=O)[O-]. The van der Waals surface area contributed by atoms with E-state index in [4.69, 9.17) is 18.9 Å². The van der Waals surface area contributed by atoms with Gasteiger partial charge in [0.2, 0.25) is 0 Å². The fraction of sp³-hybridized carbons (Fsp3) is 0.790. The van der Waals surface area contributed by atoms with Crippen molar-refractivity contribution in [2.75, 3.05) is 47.5 Å². The zero-order valence-corrected chi connectivity index (χ0v) is 59.8. The maximum atomic E-state index is 13.0. The maximum absolute atomic E-state index is 13.0. The molecule has 0 heterocycles. The summed E-state index contributed by atoms with van der Waals surface area (Å²) in [5, 5.41) is 11.8. The van der Waals surface area contributed by atoms with E-state index >= 15 is 0 Å². The highest BCUT2D eigenvalue weighted by molar-refractivity contribution is 5.70. The van der Waals surface area contributed by atoms with Crippen LogP contribution >= 0.6 is 0 Å². The average molecular weight is 1260 g/mol. The second-order valence-electron chi connectivity index (χ2n) is 26.9. The highest BCUT2D eigenvalue weighted by atomic mass is 16.7. The van der Waals surface area contributed by atoms with Crippen LogP contribution in [0.1, 0.15) is 354 Å². The monoisotopic (exact) mass is 1260 g/mol. The first-order valence-electron chi connectivity index (χ1n) is 38.2. The molecule has 0 N–H and O–H groups in total. The molecule has 0 aliphatic rings. The van der Waals surface area contributed by atoms with Gasteiger partial charge in [-0.05, 0) is 70.6 Å². The molecule has 0 amide bonds. The summed E-state index contributed by atoms with van der Waals surface area (Å²) < 4.78 is 22.8. The topological polar surface area (TPSA) is 111 Å². The van der Waals surface area contributed by atoms with Crippen LogP contribution in [0.5, 0.6) is 0 Å². The Balaban J connectivity index is 4.06. The maximum Gasteiger partial charge on any atom is 0.306 e. The molecule has 0 rings (SSSR count). The molecule has 2 unspecified atom stereocenters. The summed E-state index contributed by atoms with van der Waals surface area (Å²) in [6.45, 7) is 4.68. The van der Waals surface area contributed by atoms with Crippen LogP contribution in [-0.4, -0.2) is 82.3 Å². The number of hydrogen-bond acceptors (Lipinski definition) is 8. The summed E-state index contributed by atoms with van der Waals surface area (Å²) in [6, 6.07) is 0. The number of nitrogens with zero attached hydrogens (tertiary/aromatic N) is 1. The molecule has 0 aromatic heterocycles. The van der Waals surface area contributed by atoms with Crippen molar-refractivity contribution in [2.24, 2.45) is 0 Å². The van der Waals surface area contributed by atoms with Crippen LogP contribution in [0.25, 0.3) is 0 Å². The molecule has 0 radical (unpaired) electrons. The Morgan fingerprint density at radius 3 is 0.944 bits per heavy atom. The van der Waals surface area contributed by atoms with E-state index < -0.39 is 24.3 Å². The summed E-state index contributed by atoms with van der Waals surface area (Å²) in [6.07, 6.45) is 94.0. The second-order valence-corrected chi connectivity index (χ2v) is 26.9. The van der Waals surface area contributed by atoms with Gasteiger partial charge in [0.15, 0.2) is 12.4 Å². The fourth-order valence-electron chi connectivity index (χ4n) is 11.1. The first-order chi connectivity index (χ1) is 44.1. The third-order valence-corrected chi connectivity index (χ3v) is 16.9. The van der Waals surface area contributed by atoms with E-state index in [9.17, 15) is 19.5 Å². The molecule has 9 heteroatoms. The van der Waals surface area contributed by atoms with Crippen molar-refractivity contribution in [2.45, 2.75) is 367 Å². The van der Waals surface area contributed by atoms with E-state index in [1.54, 1.807) is 0 Å². The van der Waals surface area contributed by atoms with Crippen LogP contribution in [0.3, 0.4) is 0 Å². The zero-order valence-electron chi connectivity index (χ0n) is 59.8. The molecule has 522 valence electrons. The quantitative estimate of drug-likeness (QED) is 0.0195. The molecule has 0 saturated carbocycles. The average Bonchev–Trinajstić information content (AvgIpc) is 3.72. The number of aliphatic carboxylic acids is 1. The molecule has 0 bridgehead atoms. The Kier molecular flexibility index (Phi) is 68.5. The summed E-state index contributed by atoms with van der Waals surface area (Å²) in [5.74, 6) is -2.27. The Labute approximate surface area is 557 Å². The van der Waals surface area contributed by atoms with E-state index in [-0.39, 0.29) is 32.2 Å². The second kappa shape index (κ2) is 71.3. The van der Waals surface area contributed by atoms with E-state index in [1.807, 2.05) is 21.1 Å². The molecule has 0 aliphatic carbocycles. The lowest BCUT2D eigenvalue weighted by Gasteiger charge is -2.26. The van der Waals surface area contributed by atoms with Gasteiger partial charge in [-0.15, -0.1) is 0 Å². The molecule has 0 aliphatic heterocycles. The number of carboxylic acid groups (broad SMARTS) is 1. The predicted octanol–water partition coefficient (Wildman–Crippen LogP) is 22.9. The van der Waals surface area contributed by atoms with Gasteiger partial charge in [0, 0.05) is 12.8 Å². The Hall–Kier alpha value is -3.53. The van der Waals surface area contributed by atoms with Gasteiger partial charge in [0.1, 0.15) is 13.2 Å². The Morgan fingerprint density at radius 2 is 0.633 bits per heavy atom. The molecule has 2 atom stereocenters. The Bertz CT molecular complexity index is 1760. The number of allylic oxidation sites excluding steroid dienone is 14. The van der Waals surface area contributed by atoms with Crippen LogP contribution in [0.2, 0.25) is 0 Å². The molecule has 9 nitrogen and oxygen atoms in total. The number of esters is 2. The number of hydrogen-bond donors (Lipinski definition) is 0. The number of quaternary nitrogens is 1. The van der Waals surface area contributed by atoms with E-state index in [2.05, 4.69) is 98.9 Å². The number of likely N-dealkylation sites (N-methyl/N-ethyl adjacent to an activating group) is 1. The number of carboxylic acids is 1. The van der Waals surface area contributed by atoms with Gasteiger partial charge in [-0.3, -0.25) is 9.59 Å². The van der Waals surface area contributed by atoms with Crippen molar-refractivity contribution in [3.63, 3.8) is 0 Å². The third kappa shape index (κ3) is 71.9. The normalized spacial score (nSPS) is 13.1. The van der Waals surface area contributed by atoms with Gasteiger partial charge in [-0.1, -0.05) is 356 Å². The van der Waals surface area contributed by atoms with Crippen LogP contribution in [0.4, 0.5) is 0 Å². The molecule has 0 saturated heterocycles. The Morgan fingerprint density at radius 1 is 0.344 bits per heavy atom. The minimum atomic E-state index is -1.63. The number of rotatable bonds is 71. The van der Waals surface area contributed by atoms with Gasteiger partial charge in [0.05, 0.1) is 40.3 Å². The van der Waals surface area contributed by atoms with Gasteiger partial charge >= 0.3 is 11.9 Å². The summed E-state index contributed by atoms with van der Waals surface area (Å²) in [7, 11) is 5.94. The number of ether oxygens (including phenoxy) is 4. The van der Waals surface area contributed by atoms with Crippen molar-refractivity contribution in [1.82, 2.24) is 0 Å².